The minimum Gasteiger partial charge on any atom is -0.396 e. The van der Waals surface area contributed by atoms with Crippen molar-refractivity contribution in [2.75, 3.05) is 39.3 Å². The van der Waals surface area contributed by atoms with Crippen molar-refractivity contribution in [1.82, 2.24) is 13.9 Å². The highest BCUT2D eigenvalue weighted by molar-refractivity contribution is 7.87. The number of likely N-dealkylation sites (tertiary alicyclic amines) is 1. The van der Waals surface area contributed by atoms with Gasteiger partial charge in [0.15, 0.2) is 0 Å². The third-order valence-electron chi connectivity index (χ3n) is 4.16. The molecule has 0 aliphatic carbocycles. The van der Waals surface area contributed by atoms with E-state index in [4.69, 9.17) is 0 Å². The molecule has 0 aromatic carbocycles. The first-order chi connectivity index (χ1) is 9.51. The molecule has 20 heavy (non-hydrogen) atoms. The first-order valence-electron chi connectivity index (χ1n) is 7.62. The second-order valence-electron chi connectivity index (χ2n) is 6.08. The van der Waals surface area contributed by atoms with Gasteiger partial charge < -0.3 is 10.0 Å². The van der Waals surface area contributed by atoms with E-state index in [1.165, 1.54) is 17.1 Å². The number of hydrogen-bond donors (Lipinski definition) is 2. The molecule has 0 amide bonds. The molecule has 0 radical (unpaired) electrons. The Morgan fingerprint density at radius 1 is 1.25 bits per heavy atom. The molecule has 2 unspecified atom stereocenters. The number of rotatable bonds is 6. The summed E-state index contributed by atoms with van der Waals surface area (Å²) in [6.07, 6.45) is 4.16. The molecule has 0 aromatic heterocycles. The first-order valence-corrected chi connectivity index (χ1v) is 9.06. The summed E-state index contributed by atoms with van der Waals surface area (Å²) >= 11 is 0. The molecular formula is C13H27N3O3S. The summed E-state index contributed by atoms with van der Waals surface area (Å²) in [5, 5.41) is 9.20. The van der Waals surface area contributed by atoms with Gasteiger partial charge in [0.25, 0.3) is 10.2 Å². The lowest BCUT2D eigenvalue weighted by atomic mass is 10.0. The van der Waals surface area contributed by atoms with Crippen LogP contribution in [0.2, 0.25) is 0 Å². The average Bonchev–Trinajstić information content (AvgIpc) is 2.91. The summed E-state index contributed by atoms with van der Waals surface area (Å²) < 4.78 is 28.9. The van der Waals surface area contributed by atoms with Gasteiger partial charge in [0.05, 0.1) is 0 Å². The van der Waals surface area contributed by atoms with Crippen LogP contribution in [0.25, 0.3) is 0 Å². The second kappa shape index (κ2) is 7.17. The van der Waals surface area contributed by atoms with Crippen LogP contribution in [0, 0.1) is 5.92 Å². The van der Waals surface area contributed by atoms with Gasteiger partial charge in [-0.25, -0.2) is 0 Å². The van der Waals surface area contributed by atoms with Crippen molar-refractivity contribution >= 4 is 10.2 Å². The molecule has 2 rings (SSSR count). The van der Waals surface area contributed by atoms with E-state index in [1.807, 2.05) is 6.92 Å². The minimum atomic E-state index is -3.42. The Labute approximate surface area is 122 Å². The summed E-state index contributed by atoms with van der Waals surface area (Å²) in [5.74, 6) is 0.0780. The van der Waals surface area contributed by atoms with Crippen molar-refractivity contribution in [2.24, 2.45) is 5.92 Å². The highest BCUT2D eigenvalue weighted by atomic mass is 32.2. The van der Waals surface area contributed by atoms with Gasteiger partial charge >= 0.3 is 0 Å². The Balaban J connectivity index is 1.85. The van der Waals surface area contributed by atoms with Crippen LogP contribution in [0.15, 0.2) is 0 Å². The topological polar surface area (TPSA) is 72.9 Å². The normalized spacial score (nSPS) is 27.8. The van der Waals surface area contributed by atoms with Crippen molar-refractivity contribution in [2.45, 2.75) is 38.6 Å². The Morgan fingerprint density at radius 2 is 1.95 bits per heavy atom. The molecule has 6 nitrogen and oxygen atoms in total. The number of nitrogens with one attached hydrogen (secondary N) is 1. The lowest BCUT2D eigenvalue weighted by Gasteiger charge is -2.32. The quantitative estimate of drug-likeness (QED) is 0.725. The van der Waals surface area contributed by atoms with Gasteiger partial charge in [-0.15, -0.1) is 0 Å². The van der Waals surface area contributed by atoms with Gasteiger partial charge in [-0.2, -0.15) is 17.4 Å². The van der Waals surface area contributed by atoms with E-state index in [-0.39, 0.29) is 18.6 Å². The molecule has 2 aliphatic rings. The van der Waals surface area contributed by atoms with Crippen LogP contribution in [0.1, 0.15) is 32.6 Å². The Hall–Kier alpha value is -0.210. The van der Waals surface area contributed by atoms with E-state index in [0.29, 0.717) is 13.1 Å². The Bertz CT molecular complexity index is 396. The number of aliphatic hydroxyl groups is 1. The molecule has 2 heterocycles. The van der Waals surface area contributed by atoms with Crippen LogP contribution < -0.4 is 4.72 Å². The number of hydrogen-bond acceptors (Lipinski definition) is 4. The second-order valence-corrected chi connectivity index (χ2v) is 7.78. The summed E-state index contributed by atoms with van der Waals surface area (Å²) in [6.45, 7) is 5.89. The zero-order chi connectivity index (χ0) is 14.6. The number of aliphatic hydroxyl groups excluding tert-OH is 1. The summed E-state index contributed by atoms with van der Waals surface area (Å²) in [7, 11) is -3.42. The Kier molecular flexibility index (Phi) is 5.80. The fraction of sp³-hybridized carbons (Fsp3) is 1.00. The van der Waals surface area contributed by atoms with Gasteiger partial charge in [0.1, 0.15) is 0 Å². The smallest absolute Gasteiger partial charge is 0.279 e. The zero-order valence-corrected chi connectivity index (χ0v) is 13.1. The highest BCUT2D eigenvalue weighted by Gasteiger charge is 2.30. The first kappa shape index (κ1) is 16.2. The summed E-state index contributed by atoms with van der Waals surface area (Å²) in [5.41, 5.74) is 0. The van der Waals surface area contributed by atoms with Gasteiger partial charge in [0.2, 0.25) is 0 Å². The molecule has 7 heteroatoms. The molecular weight excluding hydrogens is 278 g/mol. The van der Waals surface area contributed by atoms with E-state index < -0.39 is 10.2 Å². The van der Waals surface area contributed by atoms with Gasteiger partial charge in [-0.3, -0.25) is 0 Å². The maximum atomic E-state index is 12.3. The zero-order valence-electron chi connectivity index (χ0n) is 12.3. The molecule has 2 fully saturated rings. The average molecular weight is 305 g/mol. The van der Waals surface area contributed by atoms with Crippen molar-refractivity contribution in [3.8, 4) is 0 Å². The third-order valence-corrected chi connectivity index (χ3v) is 5.87. The van der Waals surface area contributed by atoms with Gasteiger partial charge in [-0.1, -0.05) is 0 Å². The van der Waals surface area contributed by atoms with Crippen LogP contribution >= 0.6 is 0 Å². The fourth-order valence-corrected chi connectivity index (χ4v) is 4.62. The summed E-state index contributed by atoms with van der Waals surface area (Å²) in [4.78, 5) is 2.31. The number of piperidine rings is 1. The van der Waals surface area contributed by atoms with E-state index in [2.05, 4.69) is 9.62 Å². The van der Waals surface area contributed by atoms with Crippen molar-refractivity contribution in [3.63, 3.8) is 0 Å². The molecule has 0 saturated carbocycles. The number of nitrogens with zero attached hydrogens (tertiary/aromatic N) is 2. The largest absolute Gasteiger partial charge is 0.396 e. The predicted molar refractivity (Wildman–Crippen MR) is 78.6 cm³/mol. The minimum absolute atomic E-state index is 0.0648. The van der Waals surface area contributed by atoms with Crippen molar-refractivity contribution in [1.29, 1.82) is 0 Å². The molecule has 2 aliphatic heterocycles. The van der Waals surface area contributed by atoms with E-state index in [0.717, 1.165) is 32.5 Å². The third kappa shape index (κ3) is 4.39. The lowest BCUT2D eigenvalue weighted by Crippen LogP contribution is -2.51. The van der Waals surface area contributed by atoms with Crippen LogP contribution in [0.5, 0.6) is 0 Å². The van der Waals surface area contributed by atoms with Crippen molar-refractivity contribution < 1.29 is 13.5 Å². The Morgan fingerprint density at radius 3 is 2.60 bits per heavy atom. The monoisotopic (exact) mass is 305 g/mol. The predicted octanol–water partition coefficient (Wildman–Crippen LogP) is 0.00940. The molecule has 2 atom stereocenters. The molecule has 0 aromatic rings. The molecule has 2 N–H and O–H groups in total. The molecule has 118 valence electrons. The molecule has 0 bridgehead atoms. The van der Waals surface area contributed by atoms with Gasteiger partial charge in [0, 0.05) is 32.3 Å². The SMILES string of the molecule is CC(CN1CCCC1)NS(=O)(=O)N1CCCC(CO)C1. The fourth-order valence-electron chi connectivity index (χ4n) is 3.11. The maximum Gasteiger partial charge on any atom is 0.279 e. The van der Waals surface area contributed by atoms with Crippen molar-refractivity contribution in [3.05, 3.63) is 0 Å². The molecule has 2 saturated heterocycles. The highest BCUT2D eigenvalue weighted by Crippen LogP contribution is 2.18. The van der Waals surface area contributed by atoms with E-state index >= 15 is 0 Å². The van der Waals surface area contributed by atoms with E-state index in [9.17, 15) is 13.5 Å². The summed E-state index contributed by atoms with van der Waals surface area (Å²) in [6, 6.07) is -0.0763. The standard InChI is InChI=1S/C13H27N3O3S/c1-12(9-15-6-2-3-7-15)14-20(18,19)16-8-4-5-13(10-16)11-17/h12-14,17H,2-11H2,1H3. The lowest BCUT2D eigenvalue weighted by molar-refractivity contribution is 0.164. The van der Waals surface area contributed by atoms with Crippen LogP contribution in [-0.2, 0) is 10.2 Å². The van der Waals surface area contributed by atoms with Crippen LogP contribution in [0.3, 0.4) is 0 Å². The van der Waals surface area contributed by atoms with E-state index in [1.54, 1.807) is 0 Å². The van der Waals surface area contributed by atoms with Gasteiger partial charge in [-0.05, 0) is 51.6 Å². The molecule has 0 spiro atoms. The van der Waals surface area contributed by atoms with Crippen LogP contribution in [0.4, 0.5) is 0 Å². The maximum absolute atomic E-state index is 12.3. The van der Waals surface area contributed by atoms with Crippen LogP contribution in [-0.4, -0.2) is 68.1 Å².